The van der Waals surface area contributed by atoms with Crippen LogP contribution in [0, 0.1) is 0 Å². The SMILES string of the molecule is COc1ccc(N)cc1NC(=O)Cn1cc(Br)ccc1=O. The zero-order chi connectivity index (χ0) is 15.4. The molecule has 0 bridgehead atoms. The molecular weight excluding hydrogens is 338 g/mol. The van der Waals surface area contributed by atoms with Crippen molar-refractivity contribution in [1.29, 1.82) is 0 Å². The summed E-state index contributed by atoms with van der Waals surface area (Å²) in [7, 11) is 1.50. The van der Waals surface area contributed by atoms with Gasteiger partial charge in [0.05, 0.1) is 12.8 Å². The van der Waals surface area contributed by atoms with E-state index in [9.17, 15) is 9.59 Å². The average molecular weight is 352 g/mol. The first-order valence-corrected chi connectivity index (χ1v) is 6.88. The Morgan fingerprint density at radius 2 is 2.14 bits per heavy atom. The number of nitrogen functional groups attached to an aromatic ring is 1. The number of hydrogen-bond donors (Lipinski definition) is 2. The van der Waals surface area contributed by atoms with Crippen molar-refractivity contribution >= 4 is 33.2 Å². The van der Waals surface area contributed by atoms with Crippen LogP contribution in [0.15, 0.2) is 45.8 Å². The van der Waals surface area contributed by atoms with E-state index in [-0.39, 0.29) is 18.0 Å². The Morgan fingerprint density at radius 3 is 2.86 bits per heavy atom. The number of halogens is 1. The van der Waals surface area contributed by atoms with E-state index in [4.69, 9.17) is 10.5 Å². The predicted molar refractivity (Wildman–Crippen MR) is 84.4 cm³/mol. The minimum Gasteiger partial charge on any atom is -0.495 e. The average Bonchev–Trinajstić information content (AvgIpc) is 2.43. The number of amides is 1. The standard InChI is InChI=1S/C14H14BrN3O3/c1-21-12-4-3-10(16)6-11(12)17-13(19)8-18-7-9(15)2-5-14(18)20/h2-7H,8,16H2,1H3,(H,17,19). The van der Waals surface area contributed by atoms with Gasteiger partial charge in [0.2, 0.25) is 5.91 Å². The van der Waals surface area contributed by atoms with Gasteiger partial charge in [-0.25, -0.2) is 0 Å². The molecule has 0 fully saturated rings. The van der Waals surface area contributed by atoms with Crippen LogP contribution in [0.25, 0.3) is 0 Å². The number of rotatable bonds is 4. The van der Waals surface area contributed by atoms with Gasteiger partial charge in [-0.2, -0.15) is 0 Å². The second-order valence-corrected chi connectivity index (χ2v) is 5.24. The van der Waals surface area contributed by atoms with Gasteiger partial charge in [0.15, 0.2) is 0 Å². The molecule has 1 aromatic heterocycles. The van der Waals surface area contributed by atoms with Gasteiger partial charge < -0.3 is 20.4 Å². The fourth-order valence-corrected chi connectivity index (χ4v) is 2.17. The third-order valence-electron chi connectivity index (χ3n) is 2.76. The van der Waals surface area contributed by atoms with Crippen molar-refractivity contribution in [1.82, 2.24) is 4.57 Å². The Balaban J connectivity index is 2.17. The van der Waals surface area contributed by atoms with Gasteiger partial charge in [0, 0.05) is 22.4 Å². The van der Waals surface area contributed by atoms with Crippen LogP contribution < -0.4 is 21.3 Å². The first-order chi connectivity index (χ1) is 9.99. The molecule has 110 valence electrons. The van der Waals surface area contributed by atoms with Crippen molar-refractivity contribution in [2.24, 2.45) is 0 Å². The second-order valence-electron chi connectivity index (χ2n) is 4.32. The highest BCUT2D eigenvalue weighted by Crippen LogP contribution is 2.26. The molecule has 0 atom stereocenters. The van der Waals surface area contributed by atoms with Gasteiger partial charge in [0.1, 0.15) is 12.3 Å². The van der Waals surface area contributed by atoms with Crippen LogP contribution in [0.5, 0.6) is 5.75 Å². The second kappa shape index (κ2) is 6.45. The summed E-state index contributed by atoms with van der Waals surface area (Å²) in [5.74, 6) is 0.151. The smallest absolute Gasteiger partial charge is 0.251 e. The van der Waals surface area contributed by atoms with Crippen LogP contribution >= 0.6 is 15.9 Å². The Bertz CT molecular complexity index is 728. The number of nitrogens with one attached hydrogen (secondary N) is 1. The molecule has 1 heterocycles. The number of hydrogen-bond acceptors (Lipinski definition) is 4. The number of nitrogens with two attached hydrogens (primary N) is 1. The van der Waals surface area contributed by atoms with E-state index < -0.39 is 0 Å². The summed E-state index contributed by atoms with van der Waals surface area (Å²) >= 11 is 3.26. The Kier molecular flexibility index (Phi) is 4.64. The molecule has 3 N–H and O–H groups in total. The van der Waals surface area contributed by atoms with Crippen molar-refractivity contribution in [3.63, 3.8) is 0 Å². The van der Waals surface area contributed by atoms with Gasteiger partial charge in [-0.05, 0) is 40.2 Å². The third kappa shape index (κ3) is 3.85. The maximum atomic E-state index is 12.0. The number of methoxy groups -OCH3 is 1. The van der Waals surface area contributed by atoms with E-state index in [1.165, 1.54) is 17.7 Å². The number of anilines is 2. The molecule has 0 saturated heterocycles. The molecule has 21 heavy (non-hydrogen) atoms. The summed E-state index contributed by atoms with van der Waals surface area (Å²) < 4.78 is 7.17. The Morgan fingerprint density at radius 1 is 1.38 bits per heavy atom. The minimum atomic E-state index is -0.348. The molecule has 0 spiro atoms. The van der Waals surface area contributed by atoms with Gasteiger partial charge in [-0.1, -0.05) is 0 Å². The molecule has 0 aliphatic carbocycles. The molecule has 1 aromatic carbocycles. The molecule has 0 aliphatic heterocycles. The number of carbonyl (C=O) groups is 1. The summed E-state index contributed by atoms with van der Waals surface area (Å²) in [6.07, 6.45) is 1.55. The first kappa shape index (κ1) is 15.1. The summed E-state index contributed by atoms with van der Waals surface area (Å²) in [5, 5.41) is 2.68. The topological polar surface area (TPSA) is 86.3 Å². The number of aromatic nitrogens is 1. The third-order valence-corrected chi connectivity index (χ3v) is 3.23. The maximum absolute atomic E-state index is 12.0. The van der Waals surface area contributed by atoms with E-state index >= 15 is 0 Å². The zero-order valence-corrected chi connectivity index (χ0v) is 12.9. The van der Waals surface area contributed by atoms with E-state index in [0.29, 0.717) is 17.1 Å². The fourth-order valence-electron chi connectivity index (χ4n) is 1.79. The van der Waals surface area contributed by atoms with Crippen LogP contribution in [0.3, 0.4) is 0 Å². The lowest BCUT2D eigenvalue weighted by atomic mass is 10.2. The van der Waals surface area contributed by atoms with Crippen molar-refractivity contribution in [3.05, 3.63) is 51.4 Å². The lowest BCUT2D eigenvalue weighted by Gasteiger charge is -2.11. The van der Waals surface area contributed by atoms with E-state index in [0.717, 1.165) is 4.47 Å². The number of carbonyl (C=O) groups excluding carboxylic acids is 1. The Hall–Kier alpha value is -2.28. The first-order valence-electron chi connectivity index (χ1n) is 6.09. The quantitative estimate of drug-likeness (QED) is 0.823. The molecule has 1 amide bonds. The number of nitrogens with zero attached hydrogens (tertiary/aromatic N) is 1. The number of benzene rings is 1. The summed E-state index contributed by atoms with van der Waals surface area (Å²) in [6, 6.07) is 7.94. The lowest BCUT2D eigenvalue weighted by Crippen LogP contribution is -2.26. The van der Waals surface area contributed by atoms with Gasteiger partial charge in [-0.15, -0.1) is 0 Å². The van der Waals surface area contributed by atoms with Crippen molar-refractivity contribution in [2.75, 3.05) is 18.2 Å². The molecule has 0 unspecified atom stereocenters. The molecule has 0 saturated carbocycles. The van der Waals surface area contributed by atoms with Crippen LogP contribution in [-0.2, 0) is 11.3 Å². The summed E-state index contributed by atoms with van der Waals surface area (Å²) in [6.45, 7) is -0.101. The molecule has 2 aromatic rings. The van der Waals surface area contributed by atoms with Crippen molar-refractivity contribution in [2.45, 2.75) is 6.54 Å². The van der Waals surface area contributed by atoms with Crippen molar-refractivity contribution < 1.29 is 9.53 Å². The van der Waals surface area contributed by atoms with Crippen molar-refractivity contribution in [3.8, 4) is 5.75 Å². The number of pyridine rings is 1. The van der Waals surface area contributed by atoms with Gasteiger partial charge in [0.25, 0.3) is 5.56 Å². The highest BCUT2D eigenvalue weighted by molar-refractivity contribution is 9.10. The lowest BCUT2D eigenvalue weighted by molar-refractivity contribution is -0.116. The van der Waals surface area contributed by atoms with E-state index in [1.807, 2.05) is 0 Å². The molecule has 6 nitrogen and oxygen atoms in total. The van der Waals surface area contributed by atoms with E-state index in [1.54, 1.807) is 30.5 Å². The molecule has 0 aliphatic rings. The van der Waals surface area contributed by atoms with Gasteiger partial charge in [-0.3, -0.25) is 9.59 Å². The van der Waals surface area contributed by atoms with Crippen LogP contribution in [-0.4, -0.2) is 17.6 Å². The Labute approximate surface area is 129 Å². The monoisotopic (exact) mass is 351 g/mol. The molecular formula is C14H14BrN3O3. The summed E-state index contributed by atoms with van der Waals surface area (Å²) in [4.78, 5) is 23.7. The van der Waals surface area contributed by atoms with E-state index in [2.05, 4.69) is 21.2 Å². The van der Waals surface area contributed by atoms with Crippen LogP contribution in [0.2, 0.25) is 0 Å². The largest absolute Gasteiger partial charge is 0.495 e. The highest BCUT2D eigenvalue weighted by Gasteiger charge is 2.09. The highest BCUT2D eigenvalue weighted by atomic mass is 79.9. The number of ether oxygens (including phenoxy) is 1. The fraction of sp³-hybridized carbons (Fsp3) is 0.143. The maximum Gasteiger partial charge on any atom is 0.251 e. The predicted octanol–water partition coefficient (Wildman–Crippen LogP) is 1.84. The summed E-state index contributed by atoms with van der Waals surface area (Å²) in [5.41, 5.74) is 6.40. The molecule has 2 rings (SSSR count). The minimum absolute atomic E-state index is 0.101. The van der Waals surface area contributed by atoms with Gasteiger partial charge >= 0.3 is 0 Å². The molecule has 7 heteroatoms. The van der Waals surface area contributed by atoms with Crippen LogP contribution in [0.4, 0.5) is 11.4 Å². The van der Waals surface area contributed by atoms with Crippen LogP contribution in [0.1, 0.15) is 0 Å². The normalized spacial score (nSPS) is 10.2. The zero-order valence-electron chi connectivity index (χ0n) is 11.3. The molecule has 0 radical (unpaired) electrons.